The van der Waals surface area contributed by atoms with Crippen molar-refractivity contribution >= 4 is 17.7 Å². The van der Waals surface area contributed by atoms with Crippen LogP contribution in [-0.4, -0.2) is 16.1 Å². The van der Waals surface area contributed by atoms with E-state index in [1.807, 2.05) is 26.0 Å². The van der Waals surface area contributed by atoms with Crippen molar-refractivity contribution in [2.45, 2.75) is 23.6 Å². The molecule has 4 heteroatoms. The minimum absolute atomic E-state index is 0.288. The van der Waals surface area contributed by atoms with E-state index in [-0.39, 0.29) is 5.56 Å². The van der Waals surface area contributed by atoms with Crippen LogP contribution in [0.4, 0.5) is 0 Å². The average molecular weight is 259 g/mol. The van der Waals surface area contributed by atoms with Crippen molar-refractivity contribution in [1.82, 2.24) is 4.98 Å². The van der Waals surface area contributed by atoms with E-state index < -0.39 is 5.97 Å². The molecule has 0 atom stereocenters. The standard InChI is InChI=1S/C14H13NO2S/c1-9-3-4-10(2)12(7-9)18-13-8-15-6-5-11(13)14(16)17/h3-8H,1-2H3,(H,16,17). The summed E-state index contributed by atoms with van der Waals surface area (Å²) in [4.78, 5) is 16.8. The largest absolute Gasteiger partial charge is 0.478 e. The summed E-state index contributed by atoms with van der Waals surface area (Å²) in [5, 5.41) is 9.13. The quantitative estimate of drug-likeness (QED) is 0.915. The van der Waals surface area contributed by atoms with E-state index in [2.05, 4.69) is 11.1 Å². The van der Waals surface area contributed by atoms with Gasteiger partial charge in [0.25, 0.3) is 0 Å². The highest BCUT2D eigenvalue weighted by molar-refractivity contribution is 7.99. The summed E-state index contributed by atoms with van der Waals surface area (Å²) in [7, 11) is 0. The molecule has 0 radical (unpaired) electrons. The second-order valence-electron chi connectivity index (χ2n) is 4.05. The van der Waals surface area contributed by atoms with Gasteiger partial charge in [0.1, 0.15) is 0 Å². The van der Waals surface area contributed by atoms with Gasteiger partial charge in [-0.25, -0.2) is 4.79 Å². The summed E-state index contributed by atoms with van der Waals surface area (Å²) in [6, 6.07) is 7.66. The molecule has 0 unspecified atom stereocenters. The molecule has 1 heterocycles. The molecule has 0 saturated carbocycles. The van der Waals surface area contributed by atoms with Crippen LogP contribution in [0.2, 0.25) is 0 Å². The van der Waals surface area contributed by atoms with Crippen LogP contribution in [0.15, 0.2) is 46.5 Å². The number of rotatable bonds is 3. The molecule has 2 aromatic rings. The molecule has 0 bridgehead atoms. The van der Waals surface area contributed by atoms with Gasteiger partial charge in [-0.2, -0.15) is 0 Å². The van der Waals surface area contributed by atoms with E-state index in [1.165, 1.54) is 24.0 Å². The molecule has 2 rings (SSSR count). The maximum Gasteiger partial charge on any atom is 0.336 e. The number of carbonyl (C=O) groups is 1. The van der Waals surface area contributed by atoms with E-state index in [4.69, 9.17) is 5.11 Å². The summed E-state index contributed by atoms with van der Waals surface area (Å²) in [5.74, 6) is -0.926. The van der Waals surface area contributed by atoms with Crippen molar-refractivity contribution in [3.8, 4) is 0 Å². The van der Waals surface area contributed by atoms with Gasteiger partial charge >= 0.3 is 5.97 Å². The second kappa shape index (κ2) is 5.23. The molecule has 0 aliphatic rings. The number of carboxylic acids is 1. The number of nitrogens with zero attached hydrogens (tertiary/aromatic N) is 1. The first kappa shape index (κ1) is 12.6. The number of hydrogen-bond donors (Lipinski definition) is 1. The molecule has 0 fully saturated rings. The minimum atomic E-state index is -0.926. The summed E-state index contributed by atoms with van der Waals surface area (Å²) < 4.78 is 0. The average Bonchev–Trinajstić information content (AvgIpc) is 2.34. The smallest absolute Gasteiger partial charge is 0.336 e. The number of benzene rings is 1. The summed E-state index contributed by atoms with van der Waals surface area (Å²) in [6.07, 6.45) is 3.09. The van der Waals surface area contributed by atoms with Crippen LogP contribution < -0.4 is 0 Å². The molecule has 3 nitrogen and oxygen atoms in total. The van der Waals surface area contributed by atoms with Gasteiger partial charge in [-0.15, -0.1) is 0 Å². The Morgan fingerprint density at radius 3 is 2.72 bits per heavy atom. The van der Waals surface area contributed by atoms with Gasteiger partial charge in [0.2, 0.25) is 0 Å². The third-order valence-electron chi connectivity index (χ3n) is 2.58. The van der Waals surface area contributed by atoms with E-state index >= 15 is 0 Å². The number of aromatic carboxylic acids is 1. The van der Waals surface area contributed by atoms with Crippen LogP contribution in [0.25, 0.3) is 0 Å². The van der Waals surface area contributed by atoms with Gasteiger partial charge in [-0.05, 0) is 37.1 Å². The van der Waals surface area contributed by atoms with Crippen LogP contribution in [0.5, 0.6) is 0 Å². The predicted molar refractivity (Wildman–Crippen MR) is 71.2 cm³/mol. The van der Waals surface area contributed by atoms with Crippen molar-refractivity contribution in [3.63, 3.8) is 0 Å². The van der Waals surface area contributed by atoms with E-state index in [1.54, 1.807) is 6.20 Å². The topological polar surface area (TPSA) is 50.2 Å². The molecule has 0 aliphatic heterocycles. The minimum Gasteiger partial charge on any atom is -0.478 e. The van der Waals surface area contributed by atoms with Crippen molar-refractivity contribution in [1.29, 1.82) is 0 Å². The summed E-state index contributed by atoms with van der Waals surface area (Å²) in [5.41, 5.74) is 2.57. The maximum atomic E-state index is 11.1. The lowest BCUT2D eigenvalue weighted by molar-refractivity contribution is 0.0693. The van der Waals surface area contributed by atoms with Gasteiger partial charge in [0.15, 0.2) is 0 Å². The van der Waals surface area contributed by atoms with E-state index in [9.17, 15) is 4.79 Å². The fourth-order valence-corrected chi connectivity index (χ4v) is 2.66. The second-order valence-corrected chi connectivity index (χ2v) is 5.13. The van der Waals surface area contributed by atoms with Crippen molar-refractivity contribution in [2.24, 2.45) is 0 Å². The van der Waals surface area contributed by atoms with Crippen molar-refractivity contribution in [2.75, 3.05) is 0 Å². The third-order valence-corrected chi connectivity index (χ3v) is 3.78. The number of carboxylic acid groups (broad SMARTS) is 1. The Balaban J connectivity index is 2.40. The molecule has 18 heavy (non-hydrogen) atoms. The number of pyridine rings is 1. The first-order valence-corrected chi connectivity index (χ1v) is 6.32. The monoisotopic (exact) mass is 259 g/mol. The Morgan fingerprint density at radius 1 is 1.22 bits per heavy atom. The Labute approximate surface area is 110 Å². The van der Waals surface area contributed by atoms with Crippen molar-refractivity contribution < 1.29 is 9.90 Å². The molecule has 0 amide bonds. The molecular weight excluding hydrogens is 246 g/mol. The SMILES string of the molecule is Cc1ccc(C)c(Sc2cnccc2C(=O)O)c1. The van der Waals surface area contributed by atoms with Gasteiger partial charge in [-0.1, -0.05) is 23.9 Å². The van der Waals surface area contributed by atoms with Crippen LogP contribution in [-0.2, 0) is 0 Å². The van der Waals surface area contributed by atoms with Gasteiger partial charge in [0.05, 0.1) is 5.56 Å². The highest BCUT2D eigenvalue weighted by atomic mass is 32.2. The molecule has 0 aliphatic carbocycles. The summed E-state index contributed by atoms with van der Waals surface area (Å²) in [6.45, 7) is 4.03. The Kier molecular flexibility index (Phi) is 3.67. The Bertz CT molecular complexity index is 596. The molecule has 0 spiro atoms. The fraction of sp³-hybridized carbons (Fsp3) is 0.143. The van der Waals surface area contributed by atoms with Crippen LogP contribution in [0.1, 0.15) is 21.5 Å². The highest BCUT2D eigenvalue weighted by Gasteiger charge is 2.11. The highest BCUT2D eigenvalue weighted by Crippen LogP contribution is 2.32. The van der Waals surface area contributed by atoms with Crippen LogP contribution in [0, 0.1) is 13.8 Å². The van der Waals surface area contributed by atoms with Gasteiger partial charge < -0.3 is 5.11 Å². The fourth-order valence-electron chi connectivity index (χ4n) is 1.57. The number of hydrogen-bond acceptors (Lipinski definition) is 3. The molecule has 0 saturated heterocycles. The van der Waals surface area contributed by atoms with Gasteiger partial charge in [0, 0.05) is 22.2 Å². The van der Waals surface area contributed by atoms with E-state index in [0.29, 0.717) is 4.90 Å². The summed E-state index contributed by atoms with van der Waals surface area (Å²) >= 11 is 1.44. The zero-order valence-corrected chi connectivity index (χ0v) is 11.0. The van der Waals surface area contributed by atoms with Crippen LogP contribution >= 0.6 is 11.8 Å². The van der Waals surface area contributed by atoms with E-state index in [0.717, 1.165) is 16.0 Å². The Morgan fingerprint density at radius 2 is 2.00 bits per heavy atom. The molecule has 1 aromatic carbocycles. The normalized spacial score (nSPS) is 10.3. The molecular formula is C14H13NO2S. The molecule has 92 valence electrons. The lowest BCUT2D eigenvalue weighted by Gasteiger charge is -2.08. The number of aromatic nitrogens is 1. The zero-order chi connectivity index (χ0) is 13.1. The third kappa shape index (κ3) is 2.71. The number of aryl methyl sites for hydroxylation is 2. The van der Waals surface area contributed by atoms with Crippen molar-refractivity contribution in [3.05, 3.63) is 53.3 Å². The maximum absolute atomic E-state index is 11.1. The predicted octanol–water partition coefficient (Wildman–Crippen LogP) is 3.55. The first-order chi connectivity index (χ1) is 8.58. The van der Waals surface area contributed by atoms with Gasteiger partial charge in [-0.3, -0.25) is 4.98 Å². The zero-order valence-electron chi connectivity index (χ0n) is 10.2. The lowest BCUT2D eigenvalue weighted by Crippen LogP contribution is -1.99. The molecule has 1 N–H and O–H groups in total. The van der Waals surface area contributed by atoms with Crippen LogP contribution in [0.3, 0.4) is 0 Å². The first-order valence-electron chi connectivity index (χ1n) is 5.50. The Hall–Kier alpha value is -1.81. The molecule has 1 aromatic heterocycles. The lowest BCUT2D eigenvalue weighted by atomic mass is 10.2.